The lowest BCUT2D eigenvalue weighted by atomic mass is 9.94. The number of benzene rings is 1. The molecule has 0 radical (unpaired) electrons. The van der Waals surface area contributed by atoms with E-state index in [4.69, 9.17) is 5.73 Å². The Bertz CT molecular complexity index is 572. The molecule has 0 fully saturated rings. The standard InChI is InChI=1S/C16H21N3O/c1-12(13-3-5-14(17)6-4-13)11-15(20)7-8-16-18-9-10-19(16)2/h3-6,9-10,12H,7-8,11,17H2,1-2H3. The van der Waals surface area contributed by atoms with Crippen LogP contribution < -0.4 is 5.73 Å². The molecule has 106 valence electrons. The minimum atomic E-state index is 0.226. The molecule has 0 saturated carbocycles. The minimum Gasteiger partial charge on any atom is -0.399 e. The van der Waals surface area contributed by atoms with Crippen molar-refractivity contribution >= 4 is 11.5 Å². The quantitative estimate of drug-likeness (QED) is 0.822. The van der Waals surface area contributed by atoms with E-state index in [2.05, 4.69) is 11.9 Å². The van der Waals surface area contributed by atoms with Crippen LogP contribution in [0.1, 0.15) is 37.1 Å². The van der Waals surface area contributed by atoms with Gasteiger partial charge >= 0.3 is 0 Å². The molecule has 0 bridgehead atoms. The lowest BCUT2D eigenvalue weighted by Crippen LogP contribution is -2.07. The van der Waals surface area contributed by atoms with Crippen LogP contribution >= 0.6 is 0 Å². The molecule has 4 heteroatoms. The number of aryl methyl sites for hydroxylation is 2. The number of rotatable bonds is 6. The number of anilines is 1. The molecule has 2 N–H and O–H groups in total. The van der Waals surface area contributed by atoms with Crippen LogP contribution in [0.4, 0.5) is 5.69 Å². The summed E-state index contributed by atoms with van der Waals surface area (Å²) in [6, 6.07) is 7.74. The molecule has 1 heterocycles. The maximum Gasteiger partial charge on any atom is 0.133 e. The zero-order valence-corrected chi connectivity index (χ0v) is 12.0. The first-order valence-electron chi connectivity index (χ1n) is 6.89. The molecule has 1 unspecified atom stereocenters. The number of hydrogen-bond donors (Lipinski definition) is 1. The number of carbonyl (C=O) groups excluding carboxylic acids is 1. The molecule has 0 aliphatic heterocycles. The Balaban J connectivity index is 1.85. The van der Waals surface area contributed by atoms with Crippen molar-refractivity contribution in [3.63, 3.8) is 0 Å². The van der Waals surface area contributed by atoms with Crippen molar-refractivity contribution < 1.29 is 4.79 Å². The maximum absolute atomic E-state index is 12.0. The van der Waals surface area contributed by atoms with E-state index in [0.717, 1.165) is 17.1 Å². The van der Waals surface area contributed by atoms with E-state index in [-0.39, 0.29) is 11.7 Å². The van der Waals surface area contributed by atoms with Crippen LogP contribution in [-0.4, -0.2) is 15.3 Å². The highest BCUT2D eigenvalue weighted by Crippen LogP contribution is 2.21. The second kappa shape index (κ2) is 6.37. The number of nitrogens with two attached hydrogens (primary N) is 1. The van der Waals surface area contributed by atoms with Gasteiger partial charge in [0, 0.05) is 44.4 Å². The predicted octanol–water partition coefficient (Wildman–Crippen LogP) is 2.70. The lowest BCUT2D eigenvalue weighted by Gasteiger charge is -2.11. The maximum atomic E-state index is 12.0. The van der Waals surface area contributed by atoms with Gasteiger partial charge in [-0.2, -0.15) is 0 Å². The second-order valence-corrected chi connectivity index (χ2v) is 5.26. The van der Waals surface area contributed by atoms with Crippen LogP contribution in [0.2, 0.25) is 0 Å². The number of nitrogen functional groups attached to an aromatic ring is 1. The molecular weight excluding hydrogens is 250 g/mol. The molecule has 0 spiro atoms. The third-order valence-electron chi connectivity index (χ3n) is 3.59. The van der Waals surface area contributed by atoms with Crippen LogP contribution in [0, 0.1) is 0 Å². The summed E-state index contributed by atoms with van der Waals surface area (Å²) in [5, 5.41) is 0. The number of aromatic nitrogens is 2. The number of hydrogen-bond acceptors (Lipinski definition) is 3. The predicted molar refractivity (Wildman–Crippen MR) is 80.4 cm³/mol. The Morgan fingerprint density at radius 2 is 2.05 bits per heavy atom. The first-order valence-corrected chi connectivity index (χ1v) is 6.89. The number of imidazole rings is 1. The van der Waals surface area contributed by atoms with Crippen molar-refractivity contribution in [3.05, 3.63) is 48.0 Å². The summed E-state index contributed by atoms with van der Waals surface area (Å²) in [6.45, 7) is 2.07. The SMILES string of the molecule is CC(CC(=O)CCc1nccn1C)c1ccc(N)cc1. The summed E-state index contributed by atoms with van der Waals surface area (Å²) in [7, 11) is 1.95. The van der Waals surface area contributed by atoms with Crippen LogP contribution in [0.5, 0.6) is 0 Å². The van der Waals surface area contributed by atoms with E-state index in [1.54, 1.807) is 6.20 Å². The Labute approximate surface area is 119 Å². The van der Waals surface area contributed by atoms with Crippen molar-refractivity contribution in [1.29, 1.82) is 0 Å². The van der Waals surface area contributed by atoms with Crippen molar-refractivity contribution in [2.75, 3.05) is 5.73 Å². The highest BCUT2D eigenvalue weighted by Gasteiger charge is 2.12. The zero-order chi connectivity index (χ0) is 14.5. The van der Waals surface area contributed by atoms with Crippen LogP contribution in [0.15, 0.2) is 36.7 Å². The minimum absolute atomic E-state index is 0.226. The summed E-state index contributed by atoms with van der Waals surface area (Å²) in [6.07, 6.45) is 5.48. The van der Waals surface area contributed by atoms with Crippen LogP contribution in [-0.2, 0) is 18.3 Å². The van der Waals surface area contributed by atoms with Gasteiger partial charge in [0.15, 0.2) is 0 Å². The zero-order valence-electron chi connectivity index (χ0n) is 12.0. The Kier molecular flexibility index (Phi) is 4.56. The van der Waals surface area contributed by atoms with E-state index in [1.165, 1.54) is 0 Å². The Morgan fingerprint density at radius 3 is 2.65 bits per heavy atom. The fraction of sp³-hybridized carbons (Fsp3) is 0.375. The Morgan fingerprint density at radius 1 is 1.35 bits per heavy atom. The molecule has 1 aromatic heterocycles. The van der Waals surface area contributed by atoms with Crippen molar-refractivity contribution in [3.8, 4) is 0 Å². The van der Waals surface area contributed by atoms with E-state index in [1.807, 2.05) is 42.1 Å². The van der Waals surface area contributed by atoms with Crippen LogP contribution in [0.3, 0.4) is 0 Å². The van der Waals surface area contributed by atoms with Crippen molar-refractivity contribution in [2.45, 2.75) is 32.1 Å². The largest absolute Gasteiger partial charge is 0.399 e. The van der Waals surface area contributed by atoms with Gasteiger partial charge in [-0.05, 0) is 23.6 Å². The van der Waals surface area contributed by atoms with E-state index in [9.17, 15) is 4.79 Å². The third-order valence-corrected chi connectivity index (χ3v) is 3.59. The van der Waals surface area contributed by atoms with Gasteiger partial charge in [-0.25, -0.2) is 4.98 Å². The van der Waals surface area contributed by atoms with Crippen molar-refractivity contribution in [2.24, 2.45) is 7.05 Å². The van der Waals surface area contributed by atoms with Gasteiger partial charge in [-0.1, -0.05) is 19.1 Å². The molecule has 0 saturated heterocycles. The van der Waals surface area contributed by atoms with Crippen LogP contribution in [0.25, 0.3) is 0 Å². The molecule has 4 nitrogen and oxygen atoms in total. The molecule has 0 aliphatic rings. The smallest absolute Gasteiger partial charge is 0.133 e. The Hall–Kier alpha value is -2.10. The topological polar surface area (TPSA) is 60.9 Å². The van der Waals surface area contributed by atoms with Gasteiger partial charge in [-0.15, -0.1) is 0 Å². The molecule has 0 aliphatic carbocycles. The fourth-order valence-electron chi connectivity index (χ4n) is 2.27. The van der Waals surface area contributed by atoms with E-state index >= 15 is 0 Å². The van der Waals surface area contributed by atoms with Gasteiger partial charge in [0.1, 0.15) is 11.6 Å². The lowest BCUT2D eigenvalue weighted by molar-refractivity contribution is -0.119. The molecule has 2 rings (SSSR count). The molecule has 0 amide bonds. The monoisotopic (exact) mass is 271 g/mol. The second-order valence-electron chi connectivity index (χ2n) is 5.26. The highest BCUT2D eigenvalue weighted by molar-refractivity contribution is 5.79. The average Bonchev–Trinajstić information content (AvgIpc) is 2.82. The number of carbonyl (C=O) groups is 1. The van der Waals surface area contributed by atoms with Crippen molar-refractivity contribution in [1.82, 2.24) is 9.55 Å². The summed E-state index contributed by atoms with van der Waals surface area (Å²) >= 11 is 0. The summed E-state index contributed by atoms with van der Waals surface area (Å²) in [4.78, 5) is 16.3. The number of Topliss-reactive ketones (excluding diaryl/α,β-unsaturated/α-hetero) is 1. The van der Waals surface area contributed by atoms with Gasteiger partial charge in [-0.3, -0.25) is 4.79 Å². The summed E-state index contributed by atoms with van der Waals surface area (Å²) < 4.78 is 1.96. The van der Waals surface area contributed by atoms with Gasteiger partial charge in [0.25, 0.3) is 0 Å². The number of nitrogens with zero attached hydrogens (tertiary/aromatic N) is 2. The third kappa shape index (κ3) is 3.70. The number of ketones is 1. The average molecular weight is 271 g/mol. The molecule has 2 aromatic rings. The first kappa shape index (κ1) is 14.3. The van der Waals surface area contributed by atoms with Gasteiger partial charge in [0.2, 0.25) is 0 Å². The summed E-state index contributed by atoms with van der Waals surface area (Å²) in [5.41, 5.74) is 7.58. The normalized spacial score (nSPS) is 12.3. The summed E-state index contributed by atoms with van der Waals surface area (Å²) in [5.74, 6) is 1.46. The van der Waals surface area contributed by atoms with Gasteiger partial charge < -0.3 is 10.3 Å². The molecule has 1 atom stereocenters. The molecule has 1 aromatic carbocycles. The first-order chi connectivity index (χ1) is 9.56. The molecular formula is C16H21N3O. The van der Waals surface area contributed by atoms with E-state index in [0.29, 0.717) is 19.3 Å². The van der Waals surface area contributed by atoms with E-state index < -0.39 is 0 Å². The fourth-order valence-corrected chi connectivity index (χ4v) is 2.27. The molecule has 20 heavy (non-hydrogen) atoms. The highest BCUT2D eigenvalue weighted by atomic mass is 16.1. The van der Waals surface area contributed by atoms with Gasteiger partial charge in [0.05, 0.1) is 0 Å².